The highest BCUT2D eigenvalue weighted by atomic mass is 32.1. The van der Waals surface area contributed by atoms with Crippen molar-refractivity contribution in [3.05, 3.63) is 16.1 Å². The maximum atomic E-state index is 5.52. The van der Waals surface area contributed by atoms with Crippen molar-refractivity contribution in [2.75, 3.05) is 13.1 Å². The van der Waals surface area contributed by atoms with Crippen molar-refractivity contribution < 1.29 is 0 Å². The lowest BCUT2D eigenvalue weighted by Gasteiger charge is -2.17. The van der Waals surface area contributed by atoms with Gasteiger partial charge in [-0.2, -0.15) is 0 Å². The van der Waals surface area contributed by atoms with Gasteiger partial charge in [0.1, 0.15) is 5.01 Å². The lowest BCUT2D eigenvalue weighted by molar-refractivity contribution is 0.278. The summed E-state index contributed by atoms with van der Waals surface area (Å²) in [7, 11) is 0. The smallest absolute Gasteiger partial charge is 0.106 e. The molecule has 80 valence electrons. The molecule has 0 saturated heterocycles. The molecule has 0 amide bonds. The van der Waals surface area contributed by atoms with Crippen LogP contribution < -0.4 is 5.73 Å². The molecule has 0 aliphatic carbocycles. The van der Waals surface area contributed by atoms with Crippen LogP contribution in [0.15, 0.2) is 5.38 Å². The average Bonchev–Trinajstić information content (AvgIpc) is 2.65. The van der Waals surface area contributed by atoms with Gasteiger partial charge in [0, 0.05) is 18.5 Å². The zero-order chi connectivity index (χ0) is 10.4. The standard InChI is InChI=1S/C10H19N3S/c1-3-5-13(4-2)7-9-8-14-10(6-11)12-9/h8H,3-7,11H2,1-2H3. The van der Waals surface area contributed by atoms with Gasteiger partial charge >= 0.3 is 0 Å². The predicted molar refractivity (Wildman–Crippen MR) is 61.2 cm³/mol. The fourth-order valence-corrected chi connectivity index (χ4v) is 2.08. The van der Waals surface area contributed by atoms with Crippen LogP contribution in [0.1, 0.15) is 31.0 Å². The van der Waals surface area contributed by atoms with Crippen molar-refractivity contribution in [2.24, 2.45) is 5.73 Å². The first-order valence-corrected chi connectivity index (χ1v) is 6.03. The monoisotopic (exact) mass is 213 g/mol. The van der Waals surface area contributed by atoms with Crippen LogP contribution in [0.5, 0.6) is 0 Å². The van der Waals surface area contributed by atoms with E-state index in [4.69, 9.17) is 5.73 Å². The minimum Gasteiger partial charge on any atom is -0.325 e. The number of nitrogens with two attached hydrogens (primary N) is 1. The molecule has 2 N–H and O–H groups in total. The first-order chi connectivity index (χ1) is 6.80. The molecule has 0 aliphatic rings. The van der Waals surface area contributed by atoms with E-state index in [1.807, 2.05) is 0 Å². The second-order valence-corrected chi connectivity index (χ2v) is 4.25. The fraction of sp³-hybridized carbons (Fsp3) is 0.700. The van der Waals surface area contributed by atoms with E-state index in [1.54, 1.807) is 11.3 Å². The number of thiazole rings is 1. The van der Waals surface area contributed by atoms with Crippen LogP contribution in [-0.2, 0) is 13.1 Å². The van der Waals surface area contributed by atoms with Crippen LogP contribution in [-0.4, -0.2) is 23.0 Å². The molecular weight excluding hydrogens is 194 g/mol. The van der Waals surface area contributed by atoms with E-state index in [0.29, 0.717) is 6.54 Å². The summed E-state index contributed by atoms with van der Waals surface area (Å²) in [5, 5.41) is 3.15. The highest BCUT2D eigenvalue weighted by molar-refractivity contribution is 7.09. The highest BCUT2D eigenvalue weighted by Gasteiger charge is 2.05. The van der Waals surface area contributed by atoms with Crippen LogP contribution >= 0.6 is 11.3 Å². The van der Waals surface area contributed by atoms with Crippen LogP contribution in [0.25, 0.3) is 0 Å². The molecule has 1 aromatic rings. The van der Waals surface area contributed by atoms with E-state index in [0.717, 1.165) is 30.3 Å². The Morgan fingerprint density at radius 1 is 1.50 bits per heavy atom. The Bertz CT molecular complexity index is 260. The van der Waals surface area contributed by atoms with E-state index in [1.165, 1.54) is 6.42 Å². The van der Waals surface area contributed by atoms with Crippen molar-refractivity contribution in [3.8, 4) is 0 Å². The molecule has 0 fully saturated rings. The number of nitrogens with zero attached hydrogens (tertiary/aromatic N) is 2. The second kappa shape index (κ2) is 6.11. The number of rotatable bonds is 6. The van der Waals surface area contributed by atoms with Gasteiger partial charge in [0.15, 0.2) is 0 Å². The van der Waals surface area contributed by atoms with E-state index < -0.39 is 0 Å². The van der Waals surface area contributed by atoms with Crippen LogP contribution in [0.3, 0.4) is 0 Å². The molecule has 4 heteroatoms. The Balaban J connectivity index is 2.48. The summed E-state index contributed by atoms with van der Waals surface area (Å²) < 4.78 is 0. The van der Waals surface area contributed by atoms with E-state index in [-0.39, 0.29) is 0 Å². The summed E-state index contributed by atoms with van der Waals surface area (Å²) in [6.07, 6.45) is 1.20. The van der Waals surface area contributed by atoms with Gasteiger partial charge in [0.05, 0.1) is 5.69 Å². The summed E-state index contributed by atoms with van der Waals surface area (Å²) >= 11 is 1.66. The quantitative estimate of drug-likeness (QED) is 0.784. The maximum absolute atomic E-state index is 5.52. The molecule has 0 atom stereocenters. The fourth-order valence-electron chi connectivity index (χ4n) is 1.41. The Morgan fingerprint density at radius 2 is 2.29 bits per heavy atom. The number of hydrogen-bond donors (Lipinski definition) is 1. The molecule has 0 radical (unpaired) electrons. The third-order valence-corrected chi connectivity index (χ3v) is 3.07. The molecule has 0 aromatic carbocycles. The summed E-state index contributed by atoms with van der Waals surface area (Å²) in [6, 6.07) is 0. The molecule has 1 rings (SSSR count). The Morgan fingerprint density at radius 3 is 2.79 bits per heavy atom. The van der Waals surface area contributed by atoms with Gasteiger partial charge in [0.25, 0.3) is 0 Å². The second-order valence-electron chi connectivity index (χ2n) is 3.31. The van der Waals surface area contributed by atoms with Gasteiger partial charge in [-0.15, -0.1) is 11.3 Å². The van der Waals surface area contributed by atoms with Crippen molar-refractivity contribution >= 4 is 11.3 Å². The summed E-state index contributed by atoms with van der Waals surface area (Å²) in [5.41, 5.74) is 6.68. The predicted octanol–water partition coefficient (Wildman–Crippen LogP) is 1.83. The van der Waals surface area contributed by atoms with Crippen molar-refractivity contribution in [2.45, 2.75) is 33.4 Å². The normalized spacial score (nSPS) is 11.1. The molecule has 0 spiro atoms. The first kappa shape index (κ1) is 11.6. The Kier molecular flexibility index (Phi) is 5.07. The lowest BCUT2D eigenvalue weighted by atomic mass is 10.3. The molecule has 1 aromatic heterocycles. The van der Waals surface area contributed by atoms with E-state index >= 15 is 0 Å². The zero-order valence-electron chi connectivity index (χ0n) is 8.99. The molecule has 0 unspecified atom stereocenters. The number of aromatic nitrogens is 1. The van der Waals surface area contributed by atoms with Gasteiger partial charge in [-0.3, -0.25) is 4.90 Å². The van der Waals surface area contributed by atoms with Gasteiger partial charge in [-0.05, 0) is 19.5 Å². The molecule has 1 heterocycles. The Labute approximate surface area is 89.9 Å². The van der Waals surface area contributed by atoms with Crippen molar-refractivity contribution in [3.63, 3.8) is 0 Å². The minimum absolute atomic E-state index is 0.560. The van der Waals surface area contributed by atoms with Gasteiger partial charge in [0.2, 0.25) is 0 Å². The highest BCUT2D eigenvalue weighted by Crippen LogP contribution is 2.11. The molecule has 3 nitrogen and oxygen atoms in total. The maximum Gasteiger partial charge on any atom is 0.106 e. The zero-order valence-corrected chi connectivity index (χ0v) is 9.81. The van der Waals surface area contributed by atoms with Gasteiger partial charge in [-0.1, -0.05) is 13.8 Å². The summed E-state index contributed by atoms with van der Waals surface area (Å²) in [4.78, 5) is 6.85. The molecular formula is C10H19N3S. The molecule has 0 aliphatic heterocycles. The van der Waals surface area contributed by atoms with E-state index in [9.17, 15) is 0 Å². The van der Waals surface area contributed by atoms with Gasteiger partial charge < -0.3 is 5.73 Å². The van der Waals surface area contributed by atoms with Crippen molar-refractivity contribution in [1.29, 1.82) is 0 Å². The minimum atomic E-state index is 0.560. The van der Waals surface area contributed by atoms with Crippen LogP contribution in [0, 0.1) is 0 Å². The number of hydrogen-bond acceptors (Lipinski definition) is 4. The first-order valence-electron chi connectivity index (χ1n) is 5.15. The van der Waals surface area contributed by atoms with Crippen LogP contribution in [0.2, 0.25) is 0 Å². The Hall–Kier alpha value is -0.450. The van der Waals surface area contributed by atoms with Crippen LogP contribution in [0.4, 0.5) is 0 Å². The third kappa shape index (κ3) is 3.36. The third-order valence-electron chi connectivity index (χ3n) is 2.15. The topological polar surface area (TPSA) is 42.1 Å². The molecule has 0 saturated carbocycles. The molecule has 14 heavy (non-hydrogen) atoms. The van der Waals surface area contributed by atoms with Gasteiger partial charge in [-0.25, -0.2) is 4.98 Å². The average molecular weight is 213 g/mol. The summed E-state index contributed by atoms with van der Waals surface area (Å²) in [6.45, 7) is 8.14. The van der Waals surface area contributed by atoms with Crippen molar-refractivity contribution in [1.82, 2.24) is 9.88 Å². The van der Waals surface area contributed by atoms with E-state index in [2.05, 4.69) is 29.1 Å². The SMILES string of the molecule is CCCN(CC)Cc1csc(CN)n1. The lowest BCUT2D eigenvalue weighted by Crippen LogP contribution is -2.23. The largest absolute Gasteiger partial charge is 0.325 e. The summed E-state index contributed by atoms with van der Waals surface area (Å²) in [5.74, 6) is 0. The molecule has 0 bridgehead atoms.